The number of rotatable bonds is 7. The van der Waals surface area contributed by atoms with Crippen LogP contribution in [0.4, 0.5) is 4.39 Å². The fraction of sp³-hybridized carbons (Fsp3) is 0.176. The standard InChI is InChI=1S/C17H16FN3O2S/c18-14-5-3-13(4-6-14)10-20-16(22)12-24-17-19-7-8-21(17)11-15-2-1-9-23-15/h1-9H,10-12H2,(H,20,22). The minimum Gasteiger partial charge on any atom is -0.467 e. The molecule has 0 spiro atoms. The quantitative estimate of drug-likeness (QED) is 0.669. The highest BCUT2D eigenvalue weighted by Crippen LogP contribution is 2.17. The highest BCUT2D eigenvalue weighted by Gasteiger charge is 2.09. The maximum absolute atomic E-state index is 12.8. The van der Waals surface area contributed by atoms with Crippen LogP contribution in [0, 0.1) is 5.82 Å². The lowest BCUT2D eigenvalue weighted by molar-refractivity contribution is -0.118. The first kappa shape index (κ1) is 16.3. The predicted molar refractivity (Wildman–Crippen MR) is 89.0 cm³/mol. The number of nitrogens with one attached hydrogen (secondary N) is 1. The predicted octanol–water partition coefficient (Wildman–Crippen LogP) is 3.07. The van der Waals surface area contributed by atoms with E-state index in [4.69, 9.17) is 4.42 Å². The number of aromatic nitrogens is 2. The van der Waals surface area contributed by atoms with Gasteiger partial charge in [-0.3, -0.25) is 4.79 Å². The van der Waals surface area contributed by atoms with Crippen molar-refractivity contribution in [1.82, 2.24) is 14.9 Å². The first-order chi connectivity index (χ1) is 11.7. The van der Waals surface area contributed by atoms with Gasteiger partial charge in [-0.25, -0.2) is 9.37 Å². The van der Waals surface area contributed by atoms with Gasteiger partial charge in [-0.2, -0.15) is 0 Å². The highest BCUT2D eigenvalue weighted by molar-refractivity contribution is 7.99. The molecule has 0 aliphatic heterocycles. The molecule has 0 unspecified atom stereocenters. The fourth-order valence-electron chi connectivity index (χ4n) is 2.11. The van der Waals surface area contributed by atoms with Crippen LogP contribution in [0.5, 0.6) is 0 Å². The summed E-state index contributed by atoms with van der Waals surface area (Å²) in [5, 5.41) is 3.56. The van der Waals surface area contributed by atoms with Crippen LogP contribution in [-0.2, 0) is 17.9 Å². The van der Waals surface area contributed by atoms with Crippen molar-refractivity contribution in [2.45, 2.75) is 18.2 Å². The molecule has 0 aliphatic carbocycles. The number of carbonyl (C=O) groups is 1. The van der Waals surface area contributed by atoms with E-state index in [0.29, 0.717) is 13.1 Å². The summed E-state index contributed by atoms with van der Waals surface area (Å²) < 4.78 is 20.1. The number of thioether (sulfide) groups is 1. The lowest BCUT2D eigenvalue weighted by atomic mass is 10.2. The molecule has 3 rings (SSSR count). The summed E-state index contributed by atoms with van der Waals surface area (Å²) >= 11 is 1.36. The van der Waals surface area contributed by atoms with Gasteiger partial charge in [-0.1, -0.05) is 23.9 Å². The van der Waals surface area contributed by atoms with Gasteiger partial charge in [0.2, 0.25) is 5.91 Å². The van der Waals surface area contributed by atoms with Gasteiger partial charge in [-0.05, 0) is 29.8 Å². The number of halogens is 1. The van der Waals surface area contributed by atoms with Crippen molar-refractivity contribution >= 4 is 17.7 Å². The molecule has 0 atom stereocenters. The SMILES string of the molecule is O=C(CSc1nccn1Cc1ccco1)NCc1ccc(F)cc1. The zero-order valence-electron chi connectivity index (χ0n) is 12.8. The normalized spacial score (nSPS) is 10.7. The van der Waals surface area contributed by atoms with Gasteiger partial charge < -0.3 is 14.3 Å². The third-order valence-electron chi connectivity index (χ3n) is 3.32. The van der Waals surface area contributed by atoms with E-state index >= 15 is 0 Å². The number of amides is 1. The van der Waals surface area contributed by atoms with Gasteiger partial charge in [0.15, 0.2) is 5.16 Å². The van der Waals surface area contributed by atoms with Gasteiger partial charge in [0.05, 0.1) is 18.6 Å². The lowest BCUT2D eigenvalue weighted by Crippen LogP contribution is -2.24. The molecule has 0 bridgehead atoms. The van der Waals surface area contributed by atoms with Crippen LogP contribution in [0.2, 0.25) is 0 Å². The van der Waals surface area contributed by atoms with Crippen LogP contribution < -0.4 is 5.32 Å². The van der Waals surface area contributed by atoms with Crippen LogP contribution in [0.3, 0.4) is 0 Å². The van der Waals surface area contributed by atoms with Gasteiger partial charge in [0.1, 0.15) is 11.6 Å². The second-order valence-corrected chi connectivity index (χ2v) is 6.05. The first-order valence-corrected chi connectivity index (χ1v) is 8.37. The summed E-state index contributed by atoms with van der Waals surface area (Å²) in [6, 6.07) is 9.78. The summed E-state index contributed by atoms with van der Waals surface area (Å²) in [4.78, 5) is 16.2. The van der Waals surface area contributed by atoms with Gasteiger partial charge in [0.25, 0.3) is 0 Å². The number of imidazole rings is 1. The van der Waals surface area contributed by atoms with Crippen molar-refractivity contribution in [2.24, 2.45) is 0 Å². The van der Waals surface area contributed by atoms with Crippen molar-refractivity contribution < 1.29 is 13.6 Å². The monoisotopic (exact) mass is 345 g/mol. The molecule has 2 heterocycles. The summed E-state index contributed by atoms with van der Waals surface area (Å²) in [5.74, 6) is 0.701. The Morgan fingerprint density at radius 3 is 2.88 bits per heavy atom. The Labute approximate surface area is 142 Å². The van der Waals surface area contributed by atoms with E-state index in [-0.39, 0.29) is 17.5 Å². The molecule has 1 amide bonds. The largest absolute Gasteiger partial charge is 0.467 e. The molecule has 1 N–H and O–H groups in total. The first-order valence-electron chi connectivity index (χ1n) is 7.38. The summed E-state index contributed by atoms with van der Waals surface area (Å²) in [6.45, 7) is 0.951. The van der Waals surface area contributed by atoms with E-state index in [1.165, 1.54) is 23.9 Å². The van der Waals surface area contributed by atoms with Gasteiger partial charge in [0, 0.05) is 18.9 Å². The maximum atomic E-state index is 12.8. The van der Waals surface area contributed by atoms with E-state index in [1.54, 1.807) is 24.6 Å². The maximum Gasteiger partial charge on any atom is 0.230 e. The summed E-state index contributed by atoms with van der Waals surface area (Å²) in [6.07, 6.45) is 5.17. The van der Waals surface area contributed by atoms with Crippen molar-refractivity contribution in [2.75, 3.05) is 5.75 Å². The second kappa shape index (κ2) is 7.83. The van der Waals surface area contributed by atoms with Crippen LogP contribution in [-0.4, -0.2) is 21.2 Å². The zero-order valence-corrected chi connectivity index (χ0v) is 13.6. The lowest BCUT2D eigenvalue weighted by Gasteiger charge is -2.07. The minimum atomic E-state index is -0.288. The smallest absolute Gasteiger partial charge is 0.230 e. The van der Waals surface area contributed by atoms with Gasteiger partial charge >= 0.3 is 0 Å². The van der Waals surface area contributed by atoms with E-state index in [2.05, 4.69) is 10.3 Å². The van der Waals surface area contributed by atoms with Crippen molar-refractivity contribution in [3.05, 3.63) is 72.2 Å². The van der Waals surface area contributed by atoms with Crippen LogP contribution in [0.1, 0.15) is 11.3 Å². The molecule has 2 aromatic heterocycles. The second-order valence-electron chi connectivity index (χ2n) is 5.11. The zero-order chi connectivity index (χ0) is 16.8. The molecule has 0 radical (unpaired) electrons. The molecule has 24 heavy (non-hydrogen) atoms. The number of carbonyl (C=O) groups excluding carboxylic acids is 1. The fourth-order valence-corrected chi connectivity index (χ4v) is 2.90. The van der Waals surface area contributed by atoms with Crippen LogP contribution in [0.25, 0.3) is 0 Å². The molecular weight excluding hydrogens is 329 g/mol. The Morgan fingerprint density at radius 1 is 1.29 bits per heavy atom. The molecule has 1 aromatic carbocycles. The Kier molecular flexibility index (Phi) is 5.32. The average Bonchev–Trinajstić information content (AvgIpc) is 3.25. The number of benzene rings is 1. The molecule has 3 aromatic rings. The molecule has 0 aliphatic rings. The summed E-state index contributed by atoms with van der Waals surface area (Å²) in [5.41, 5.74) is 0.856. The Morgan fingerprint density at radius 2 is 2.12 bits per heavy atom. The van der Waals surface area contributed by atoms with E-state index in [9.17, 15) is 9.18 Å². The molecule has 124 valence electrons. The third kappa shape index (κ3) is 4.48. The van der Waals surface area contributed by atoms with E-state index in [1.807, 2.05) is 22.9 Å². The Balaban J connectivity index is 1.48. The van der Waals surface area contributed by atoms with E-state index in [0.717, 1.165) is 16.5 Å². The molecule has 5 nitrogen and oxygen atoms in total. The number of furan rings is 1. The number of hydrogen-bond acceptors (Lipinski definition) is 4. The van der Waals surface area contributed by atoms with Crippen molar-refractivity contribution in [3.63, 3.8) is 0 Å². The average molecular weight is 345 g/mol. The minimum absolute atomic E-state index is 0.100. The molecule has 0 saturated carbocycles. The molecular formula is C17H16FN3O2S. The van der Waals surface area contributed by atoms with Crippen molar-refractivity contribution in [3.8, 4) is 0 Å². The summed E-state index contributed by atoms with van der Waals surface area (Å²) in [7, 11) is 0. The van der Waals surface area contributed by atoms with Crippen LogP contribution >= 0.6 is 11.8 Å². The number of nitrogens with zero attached hydrogens (tertiary/aromatic N) is 2. The Hall–Kier alpha value is -2.54. The molecule has 0 fully saturated rings. The Bertz CT molecular complexity index is 785. The van der Waals surface area contributed by atoms with Gasteiger partial charge in [-0.15, -0.1) is 0 Å². The van der Waals surface area contributed by atoms with Crippen LogP contribution in [0.15, 0.2) is 64.6 Å². The topological polar surface area (TPSA) is 60.1 Å². The van der Waals surface area contributed by atoms with Crippen molar-refractivity contribution in [1.29, 1.82) is 0 Å². The highest BCUT2D eigenvalue weighted by atomic mass is 32.2. The third-order valence-corrected chi connectivity index (χ3v) is 4.32. The number of hydrogen-bond donors (Lipinski definition) is 1. The molecule has 7 heteroatoms. The van der Waals surface area contributed by atoms with E-state index < -0.39 is 0 Å². The molecule has 0 saturated heterocycles.